The third kappa shape index (κ3) is 2.77. The molecule has 13 heavy (non-hydrogen) atoms. The van der Waals surface area contributed by atoms with Crippen molar-refractivity contribution < 1.29 is 13.9 Å². The first-order valence-corrected chi connectivity index (χ1v) is 4.21. The number of aliphatic hydroxyl groups is 1. The molecular weight excluding hydrogens is 174 g/mol. The van der Waals surface area contributed by atoms with Gasteiger partial charge in [-0.05, 0) is 13.0 Å². The number of halogens is 2. The van der Waals surface area contributed by atoms with Crippen LogP contribution in [0.3, 0.4) is 0 Å². The van der Waals surface area contributed by atoms with E-state index in [2.05, 4.69) is 0 Å². The fraction of sp³-hybridized carbons (Fsp3) is 0.400. The van der Waals surface area contributed by atoms with Crippen molar-refractivity contribution in [1.29, 1.82) is 0 Å². The highest BCUT2D eigenvalue weighted by Gasteiger charge is 2.07. The van der Waals surface area contributed by atoms with Crippen LogP contribution in [-0.2, 0) is 6.61 Å². The second-order valence-electron chi connectivity index (χ2n) is 2.30. The van der Waals surface area contributed by atoms with Gasteiger partial charge in [0.25, 0.3) is 0 Å². The van der Waals surface area contributed by atoms with Crippen molar-refractivity contribution in [1.82, 2.24) is 0 Å². The molecule has 0 spiro atoms. The molecule has 0 heterocycles. The van der Waals surface area contributed by atoms with Gasteiger partial charge in [0.15, 0.2) is 0 Å². The average molecular weight is 188 g/mol. The van der Waals surface area contributed by atoms with Crippen molar-refractivity contribution in [2.75, 3.05) is 0 Å². The van der Waals surface area contributed by atoms with Crippen LogP contribution in [0.25, 0.3) is 0 Å². The fourth-order valence-corrected chi connectivity index (χ4v) is 0.840. The Balaban J connectivity index is 0.000000671. The molecule has 0 bridgehead atoms. The molecule has 0 radical (unpaired) electrons. The summed E-state index contributed by atoms with van der Waals surface area (Å²) in [5.41, 5.74) is 0.0838. The molecule has 0 saturated carbocycles. The molecule has 0 saturated heterocycles. The second kappa shape index (κ2) is 5.65. The molecule has 74 valence electrons. The number of hydrogen-bond acceptors (Lipinski definition) is 1. The molecule has 0 aliphatic heterocycles. The van der Waals surface area contributed by atoms with Crippen molar-refractivity contribution in [3.63, 3.8) is 0 Å². The van der Waals surface area contributed by atoms with Gasteiger partial charge in [0.05, 0.1) is 6.61 Å². The molecule has 0 aromatic heterocycles. The summed E-state index contributed by atoms with van der Waals surface area (Å²) in [4.78, 5) is 0. The summed E-state index contributed by atoms with van der Waals surface area (Å²) in [7, 11) is 0. The first-order chi connectivity index (χ1) is 6.16. The Bertz CT molecular complexity index is 272. The zero-order valence-corrected chi connectivity index (χ0v) is 8.06. The van der Waals surface area contributed by atoms with Crippen molar-refractivity contribution in [3.8, 4) is 0 Å². The topological polar surface area (TPSA) is 20.2 Å². The van der Waals surface area contributed by atoms with Crippen LogP contribution in [0.5, 0.6) is 0 Å². The summed E-state index contributed by atoms with van der Waals surface area (Å²) in [6.07, 6.45) is 0. The van der Waals surface area contributed by atoms with Crippen LogP contribution >= 0.6 is 0 Å². The largest absolute Gasteiger partial charge is 0.392 e. The molecule has 1 aromatic rings. The quantitative estimate of drug-likeness (QED) is 0.718. The Morgan fingerprint density at radius 1 is 1.23 bits per heavy atom. The maximum atomic E-state index is 12.9. The van der Waals surface area contributed by atoms with Gasteiger partial charge in [-0.25, -0.2) is 8.78 Å². The van der Waals surface area contributed by atoms with Gasteiger partial charge in [0, 0.05) is 11.1 Å². The summed E-state index contributed by atoms with van der Waals surface area (Å²) >= 11 is 0. The smallest absolute Gasteiger partial charge is 0.134 e. The fourth-order valence-electron chi connectivity index (χ4n) is 0.840. The SMILES string of the molecule is CC.Cc1c(F)ccc(CO)c1F. The summed E-state index contributed by atoms with van der Waals surface area (Å²) in [6, 6.07) is 2.38. The lowest BCUT2D eigenvalue weighted by atomic mass is 10.1. The molecule has 0 fully saturated rings. The average Bonchev–Trinajstić information content (AvgIpc) is 2.18. The number of hydrogen-bond donors (Lipinski definition) is 1. The van der Waals surface area contributed by atoms with Crippen molar-refractivity contribution >= 4 is 0 Å². The molecule has 0 aliphatic carbocycles. The van der Waals surface area contributed by atoms with Gasteiger partial charge in [-0.1, -0.05) is 19.9 Å². The van der Waals surface area contributed by atoms with Gasteiger partial charge >= 0.3 is 0 Å². The van der Waals surface area contributed by atoms with Gasteiger partial charge < -0.3 is 5.11 Å². The van der Waals surface area contributed by atoms with Crippen LogP contribution in [-0.4, -0.2) is 5.11 Å². The van der Waals surface area contributed by atoms with E-state index in [1.807, 2.05) is 13.8 Å². The first-order valence-electron chi connectivity index (χ1n) is 4.21. The minimum absolute atomic E-state index is 0.0449. The Morgan fingerprint density at radius 3 is 2.23 bits per heavy atom. The van der Waals surface area contributed by atoms with E-state index in [-0.39, 0.29) is 11.1 Å². The van der Waals surface area contributed by atoms with E-state index >= 15 is 0 Å². The van der Waals surface area contributed by atoms with Crippen LogP contribution in [0.4, 0.5) is 8.78 Å². The third-order valence-corrected chi connectivity index (χ3v) is 1.57. The maximum Gasteiger partial charge on any atom is 0.134 e. The van der Waals surface area contributed by atoms with Gasteiger partial charge in [-0.3, -0.25) is 0 Å². The van der Waals surface area contributed by atoms with Crippen molar-refractivity contribution in [3.05, 3.63) is 34.9 Å². The van der Waals surface area contributed by atoms with Crippen molar-refractivity contribution in [2.45, 2.75) is 27.4 Å². The Labute approximate surface area is 77.0 Å². The summed E-state index contributed by atoms with van der Waals surface area (Å²) in [5, 5.41) is 8.57. The van der Waals surface area contributed by atoms with E-state index in [4.69, 9.17) is 5.11 Å². The minimum Gasteiger partial charge on any atom is -0.392 e. The molecule has 0 aliphatic rings. The number of aliphatic hydroxyl groups excluding tert-OH is 1. The highest BCUT2D eigenvalue weighted by molar-refractivity contribution is 5.25. The van der Waals surface area contributed by atoms with E-state index in [1.54, 1.807) is 0 Å². The number of benzene rings is 1. The van der Waals surface area contributed by atoms with E-state index in [9.17, 15) is 8.78 Å². The molecule has 3 heteroatoms. The van der Waals surface area contributed by atoms with Crippen molar-refractivity contribution in [2.24, 2.45) is 0 Å². The van der Waals surface area contributed by atoms with E-state index < -0.39 is 18.2 Å². The normalized spacial score (nSPS) is 9.08. The van der Waals surface area contributed by atoms with Crippen LogP contribution < -0.4 is 0 Å². The number of rotatable bonds is 1. The lowest BCUT2D eigenvalue weighted by molar-refractivity contribution is 0.275. The van der Waals surface area contributed by atoms with E-state index in [0.717, 1.165) is 6.07 Å². The Kier molecular flexibility index (Phi) is 5.23. The highest BCUT2D eigenvalue weighted by Crippen LogP contribution is 2.15. The predicted octanol–water partition coefficient (Wildman–Crippen LogP) is 2.79. The monoisotopic (exact) mass is 188 g/mol. The Morgan fingerprint density at radius 2 is 1.77 bits per heavy atom. The highest BCUT2D eigenvalue weighted by atomic mass is 19.1. The summed E-state index contributed by atoms with van der Waals surface area (Å²) < 4.78 is 25.4. The zero-order valence-electron chi connectivity index (χ0n) is 8.06. The van der Waals surface area contributed by atoms with Crippen LogP contribution in [0.2, 0.25) is 0 Å². The first kappa shape index (κ1) is 12.0. The lowest BCUT2D eigenvalue weighted by Crippen LogP contribution is -1.95. The lowest BCUT2D eigenvalue weighted by Gasteiger charge is -2.02. The van der Waals surface area contributed by atoms with Gasteiger partial charge in [0.2, 0.25) is 0 Å². The summed E-state index contributed by atoms with van der Waals surface area (Å²) in [5.74, 6) is -1.24. The molecule has 1 aromatic carbocycles. The molecular formula is C10H14F2O. The molecule has 1 rings (SSSR count). The minimum atomic E-state index is -0.660. The van der Waals surface area contributed by atoms with Gasteiger partial charge in [-0.15, -0.1) is 0 Å². The molecule has 0 amide bonds. The zero-order chi connectivity index (χ0) is 10.4. The molecule has 0 atom stereocenters. The third-order valence-electron chi connectivity index (χ3n) is 1.57. The van der Waals surface area contributed by atoms with Gasteiger partial charge in [-0.2, -0.15) is 0 Å². The van der Waals surface area contributed by atoms with Crippen LogP contribution in [0.15, 0.2) is 12.1 Å². The predicted molar refractivity (Wildman–Crippen MR) is 48.4 cm³/mol. The summed E-state index contributed by atoms with van der Waals surface area (Å²) in [6.45, 7) is 4.94. The molecule has 1 N–H and O–H groups in total. The van der Waals surface area contributed by atoms with E-state index in [0.29, 0.717) is 0 Å². The van der Waals surface area contributed by atoms with Crippen LogP contribution in [0.1, 0.15) is 25.0 Å². The standard InChI is InChI=1S/C8H8F2O.C2H6/c1-5-7(9)3-2-6(4-11)8(5)10;1-2/h2-3,11H,4H2,1H3;1-2H3. The van der Waals surface area contributed by atoms with Crippen LogP contribution in [0, 0.1) is 18.6 Å². The van der Waals surface area contributed by atoms with E-state index in [1.165, 1.54) is 13.0 Å². The molecule has 0 unspecified atom stereocenters. The maximum absolute atomic E-state index is 12.9. The molecule has 1 nitrogen and oxygen atoms in total. The Hall–Kier alpha value is -0.960. The van der Waals surface area contributed by atoms with Gasteiger partial charge in [0.1, 0.15) is 11.6 Å². The second-order valence-corrected chi connectivity index (χ2v) is 2.30.